The summed E-state index contributed by atoms with van der Waals surface area (Å²) >= 11 is 0. The highest BCUT2D eigenvalue weighted by atomic mass is 127. The van der Waals surface area contributed by atoms with Gasteiger partial charge in [-0.15, -0.1) is 24.0 Å². The average Bonchev–Trinajstić information content (AvgIpc) is 3.22. The van der Waals surface area contributed by atoms with E-state index in [1.807, 2.05) is 7.05 Å². The highest BCUT2D eigenvalue weighted by Crippen LogP contribution is 2.19. The van der Waals surface area contributed by atoms with Crippen molar-refractivity contribution in [2.45, 2.75) is 38.1 Å². The van der Waals surface area contributed by atoms with Crippen LogP contribution in [0.5, 0.6) is 0 Å². The van der Waals surface area contributed by atoms with Crippen LogP contribution in [0.2, 0.25) is 0 Å². The molecule has 30 heavy (non-hydrogen) atoms. The number of halogens is 1. The number of rotatable bonds is 8. The third kappa shape index (κ3) is 7.61. The maximum absolute atomic E-state index is 11.2. The molecular formula is C22H37IN6O. The first kappa shape index (κ1) is 24.7. The van der Waals surface area contributed by atoms with Crippen molar-refractivity contribution in [3.8, 4) is 0 Å². The van der Waals surface area contributed by atoms with Crippen molar-refractivity contribution in [3.63, 3.8) is 0 Å². The highest BCUT2D eigenvalue weighted by Gasteiger charge is 2.24. The molecule has 2 saturated heterocycles. The fourth-order valence-electron chi connectivity index (χ4n) is 4.25. The molecule has 8 heteroatoms. The van der Waals surface area contributed by atoms with Gasteiger partial charge in [0.05, 0.1) is 0 Å². The Bertz CT molecular complexity index is 663. The number of nitrogens with two attached hydrogens (primary N) is 1. The van der Waals surface area contributed by atoms with Crippen LogP contribution in [0.3, 0.4) is 0 Å². The number of unbranched alkanes of at least 4 members (excludes halogenated alkanes) is 1. The third-order valence-corrected chi connectivity index (χ3v) is 6.06. The predicted molar refractivity (Wildman–Crippen MR) is 135 cm³/mol. The third-order valence-electron chi connectivity index (χ3n) is 6.06. The molecule has 0 bridgehead atoms. The van der Waals surface area contributed by atoms with Crippen LogP contribution in [0.1, 0.15) is 32.1 Å². The van der Waals surface area contributed by atoms with E-state index in [1.165, 1.54) is 5.69 Å². The number of carbonyl (C=O) groups excluding carboxylic acids is 1. The number of carbonyl (C=O) groups is 1. The zero-order valence-corrected chi connectivity index (χ0v) is 20.4. The van der Waals surface area contributed by atoms with E-state index in [2.05, 4.69) is 55.8 Å². The Labute approximate surface area is 197 Å². The molecule has 3 rings (SSSR count). The zero-order chi connectivity index (χ0) is 20.5. The number of guanidine groups is 1. The summed E-state index contributed by atoms with van der Waals surface area (Å²) in [4.78, 5) is 20.5. The number of piperidine rings is 1. The molecule has 1 aromatic carbocycles. The maximum Gasteiger partial charge on any atom is 0.220 e. The molecule has 1 atom stereocenters. The molecule has 2 heterocycles. The van der Waals surface area contributed by atoms with E-state index in [1.54, 1.807) is 0 Å². The summed E-state index contributed by atoms with van der Waals surface area (Å²) in [7, 11) is 1.84. The minimum absolute atomic E-state index is 0. The Kier molecular flexibility index (Phi) is 10.7. The summed E-state index contributed by atoms with van der Waals surface area (Å²) in [6.07, 6.45) is 5.20. The summed E-state index contributed by atoms with van der Waals surface area (Å²) in [6.45, 7) is 6.07. The quantitative estimate of drug-likeness (QED) is 0.208. The summed E-state index contributed by atoms with van der Waals surface area (Å²) in [5.74, 6) is 0.838. The molecule has 2 aliphatic rings. The molecule has 0 spiro atoms. The standard InChI is InChI=1S/C22H36N6O.HI/c1-24-22(26-19-11-16-28(17-19)20-7-3-2-4-8-20)25-12-5-6-13-27-14-9-18(10-15-27)21(23)29;/h2-4,7-8,18-19H,5-6,9-17H2,1H3,(H2,23,29)(H2,24,25,26);1H. The van der Waals surface area contributed by atoms with Crippen LogP contribution in [-0.4, -0.2) is 69.1 Å². The van der Waals surface area contributed by atoms with Crippen LogP contribution in [0.4, 0.5) is 5.69 Å². The monoisotopic (exact) mass is 528 g/mol. The zero-order valence-electron chi connectivity index (χ0n) is 18.1. The van der Waals surface area contributed by atoms with Crippen molar-refractivity contribution >= 4 is 41.5 Å². The molecule has 4 N–H and O–H groups in total. The van der Waals surface area contributed by atoms with E-state index in [9.17, 15) is 4.79 Å². The van der Waals surface area contributed by atoms with Crippen molar-refractivity contribution in [2.75, 3.05) is 51.2 Å². The lowest BCUT2D eigenvalue weighted by Gasteiger charge is -2.30. The highest BCUT2D eigenvalue weighted by molar-refractivity contribution is 14.0. The number of nitrogens with one attached hydrogen (secondary N) is 2. The van der Waals surface area contributed by atoms with Gasteiger partial charge in [0.15, 0.2) is 5.96 Å². The fraction of sp³-hybridized carbons (Fsp3) is 0.636. The van der Waals surface area contributed by atoms with Gasteiger partial charge in [-0.3, -0.25) is 9.79 Å². The second-order valence-electron chi connectivity index (χ2n) is 8.14. The SMILES string of the molecule is CN=C(NCCCCN1CCC(C(N)=O)CC1)NC1CCN(c2ccccc2)C1.I. The Hall–Kier alpha value is -1.55. The molecular weight excluding hydrogens is 491 g/mol. The van der Waals surface area contributed by atoms with E-state index < -0.39 is 0 Å². The van der Waals surface area contributed by atoms with E-state index in [-0.39, 0.29) is 35.8 Å². The van der Waals surface area contributed by atoms with Gasteiger partial charge >= 0.3 is 0 Å². The van der Waals surface area contributed by atoms with Crippen molar-refractivity contribution in [3.05, 3.63) is 30.3 Å². The fourth-order valence-corrected chi connectivity index (χ4v) is 4.25. The number of para-hydroxylation sites is 1. The van der Waals surface area contributed by atoms with E-state index in [0.717, 1.165) is 77.3 Å². The first-order chi connectivity index (χ1) is 14.2. The van der Waals surface area contributed by atoms with Crippen molar-refractivity contribution in [1.82, 2.24) is 15.5 Å². The summed E-state index contributed by atoms with van der Waals surface area (Å²) in [6, 6.07) is 11.0. The number of amides is 1. The molecule has 0 aliphatic carbocycles. The number of hydrogen-bond donors (Lipinski definition) is 3. The van der Waals surface area contributed by atoms with Gasteiger partial charge in [0.25, 0.3) is 0 Å². The smallest absolute Gasteiger partial charge is 0.220 e. The summed E-state index contributed by atoms with van der Waals surface area (Å²) in [5, 5.41) is 7.02. The van der Waals surface area contributed by atoms with Gasteiger partial charge in [0, 0.05) is 44.3 Å². The van der Waals surface area contributed by atoms with Gasteiger partial charge in [0.1, 0.15) is 0 Å². The lowest BCUT2D eigenvalue weighted by molar-refractivity contribution is -0.123. The number of hydrogen-bond acceptors (Lipinski definition) is 4. The lowest BCUT2D eigenvalue weighted by atomic mass is 9.96. The predicted octanol–water partition coefficient (Wildman–Crippen LogP) is 2.03. The Morgan fingerprint density at radius 1 is 1.13 bits per heavy atom. The molecule has 7 nitrogen and oxygen atoms in total. The molecule has 1 aromatic rings. The molecule has 168 valence electrons. The molecule has 0 saturated carbocycles. The molecule has 0 radical (unpaired) electrons. The molecule has 1 unspecified atom stereocenters. The van der Waals surface area contributed by atoms with E-state index in [4.69, 9.17) is 5.73 Å². The topological polar surface area (TPSA) is 86.0 Å². The van der Waals surface area contributed by atoms with Crippen molar-refractivity contribution in [1.29, 1.82) is 0 Å². The van der Waals surface area contributed by atoms with Gasteiger partial charge in [0.2, 0.25) is 5.91 Å². The maximum atomic E-state index is 11.2. The Morgan fingerprint density at radius 3 is 2.53 bits per heavy atom. The average molecular weight is 528 g/mol. The second-order valence-corrected chi connectivity index (χ2v) is 8.14. The van der Waals surface area contributed by atoms with Crippen LogP contribution in [0, 0.1) is 5.92 Å². The number of benzene rings is 1. The lowest BCUT2D eigenvalue weighted by Crippen LogP contribution is -2.45. The van der Waals surface area contributed by atoms with Crippen LogP contribution < -0.4 is 21.3 Å². The van der Waals surface area contributed by atoms with Crippen LogP contribution in [0.15, 0.2) is 35.3 Å². The van der Waals surface area contributed by atoms with Crippen molar-refractivity contribution in [2.24, 2.45) is 16.6 Å². The summed E-state index contributed by atoms with van der Waals surface area (Å²) in [5.41, 5.74) is 6.70. The number of likely N-dealkylation sites (tertiary alicyclic amines) is 1. The molecule has 1 amide bonds. The number of aliphatic imine (C=N–C) groups is 1. The molecule has 0 aromatic heterocycles. The number of primary amides is 1. The van der Waals surface area contributed by atoms with E-state index in [0.29, 0.717) is 6.04 Å². The summed E-state index contributed by atoms with van der Waals surface area (Å²) < 4.78 is 0. The Balaban J connectivity index is 0.00000320. The van der Waals surface area contributed by atoms with Gasteiger partial charge in [-0.2, -0.15) is 0 Å². The van der Waals surface area contributed by atoms with Gasteiger partial charge in [-0.1, -0.05) is 18.2 Å². The minimum atomic E-state index is -0.137. The van der Waals surface area contributed by atoms with Gasteiger partial charge in [-0.25, -0.2) is 0 Å². The first-order valence-electron chi connectivity index (χ1n) is 10.9. The van der Waals surface area contributed by atoms with Gasteiger partial charge in [-0.05, 0) is 63.9 Å². The number of anilines is 1. The second kappa shape index (κ2) is 13.0. The first-order valence-corrected chi connectivity index (χ1v) is 10.9. The van der Waals surface area contributed by atoms with Crippen LogP contribution in [-0.2, 0) is 4.79 Å². The van der Waals surface area contributed by atoms with Crippen molar-refractivity contribution < 1.29 is 4.79 Å². The van der Waals surface area contributed by atoms with Crippen LogP contribution >= 0.6 is 24.0 Å². The Morgan fingerprint density at radius 2 is 1.87 bits per heavy atom. The van der Waals surface area contributed by atoms with Crippen LogP contribution in [0.25, 0.3) is 0 Å². The number of nitrogens with zero attached hydrogens (tertiary/aromatic N) is 3. The molecule has 2 fully saturated rings. The van der Waals surface area contributed by atoms with Gasteiger partial charge < -0.3 is 26.2 Å². The van der Waals surface area contributed by atoms with E-state index >= 15 is 0 Å². The normalized spacial score (nSPS) is 20.6. The minimum Gasteiger partial charge on any atom is -0.369 e. The largest absolute Gasteiger partial charge is 0.369 e. The molecule has 2 aliphatic heterocycles.